The van der Waals surface area contributed by atoms with E-state index in [4.69, 9.17) is 9.84 Å². The van der Waals surface area contributed by atoms with E-state index in [9.17, 15) is 0 Å². The first-order valence-electron chi connectivity index (χ1n) is 4.67. The first-order valence-corrected chi connectivity index (χ1v) is 4.67. The Balaban J connectivity index is 2.03. The average Bonchev–Trinajstić information content (AvgIpc) is 2.17. The van der Waals surface area contributed by atoms with Crippen LogP contribution in [0, 0.1) is 0 Å². The summed E-state index contributed by atoms with van der Waals surface area (Å²) in [5.74, 6) is 0. The number of aromatic nitrogens is 1. The number of methoxy groups -OCH3 is 1. The van der Waals surface area contributed by atoms with Crippen molar-refractivity contribution in [2.45, 2.75) is 12.7 Å². The molecule has 0 bridgehead atoms. The van der Waals surface area contributed by atoms with Crippen LogP contribution in [0.3, 0.4) is 0 Å². The minimum atomic E-state index is -0.00458. The quantitative estimate of drug-likeness (QED) is 0.757. The number of nitrogens with zero attached hydrogens (tertiary/aromatic N) is 2. The first-order chi connectivity index (χ1) is 6.83. The summed E-state index contributed by atoms with van der Waals surface area (Å²) in [6.07, 6.45) is 2.07. The maximum absolute atomic E-state index is 8.93. The number of rotatable bonds is 3. The SMILES string of the molecule is COC1CN(c2ccnc(CO)c2)C1. The van der Waals surface area contributed by atoms with Crippen molar-refractivity contribution >= 4 is 5.69 Å². The summed E-state index contributed by atoms with van der Waals surface area (Å²) in [5.41, 5.74) is 1.82. The number of aliphatic hydroxyl groups excluding tert-OH is 1. The Kier molecular flexibility index (Phi) is 2.65. The van der Waals surface area contributed by atoms with Crippen molar-refractivity contribution in [3.05, 3.63) is 24.0 Å². The molecule has 2 rings (SSSR count). The van der Waals surface area contributed by atoms with Crippen LogP contribution in [0.2, 0.25) is 0 Å². The van der Waals surface area contributed by atoms with Gasteiger partial charge in [0.05, 0.1) is 18.4 Å². The van der Waals surface area contributed by atoms with Gasteiger partial charge in [-0.3, -0.25) is 4.98 Å². The molecule has 1 aromatic heterocycles. The van der Waals surface area contributed by atoms with Crippen molar-refractivity contribution in [3.63, 3.8) is 0 Å². The standard InChI is InChI=1S/C10H14N2O2/c1-14-10-5-12(6-10)9-2-3-11-8(4-9)7-13/h2-4,10,13H,5-7H2,1H3. The number of hydrogen-bond donors (Lipinski definition) is 1. The highest BCUT2D eigenvalue weighted by atomic mass is 16.5. The van der Waals surface area contributed by atoms with E-state index in [0.717, 1.165) is 18.8 Å². The van der Waals surface area contributed by atoms with Crippen LogP contribution in [-0.2, 0) is 11.3 Å². The van der Waals surface area contributed by atoms with Gasteiger partial charge in [-0.15, -0.1) is 0 Å². The number of aliphatic hydroxyl groups is 1. The van der Waals surface area contributed by atoms with Crippen LogP contribution in [0.1, 0.15) is 5.69 Å². The molecule has 0 saturated carbocycles. The second-order valence-corrected chi connectivity index (χ2v) is 3.43. The van der Waals surface area contributed by atoms with Crippen molar-refractivity contribution in [3.8, 4) is 0 Å². The molecule has 1 N–H and O–H groups in total. The van der Waals surface area contributed by atoms with E-state index < -0.39 is 0 Å². The molecule has 14 heavy (non-hydrogen) atoms. The van der Waals surface area contributed by atoms with E-state index in [1.165, 1.54) is 0 Å². The zero-order chi connectivity index (χ0) is 9.97. The van der Waals surface area contributed by atoms with E-state index in [1.807, 2.05) is 12.1 Å². The van der Waals surface area contributed by atoms with Crippen molar-refractivity contribution in [2.75, 3.05) is 25.1 Å². The highest BCUT2D eigenvalue weighted by molar-refractivity contribution is 5.49. The summed E-state index contributed by atoms with van der Waals surface area (Å²) in [5, 5.41) is 8.93. The fourth-order valence-corrected chi connectivity index (χ4v) is 1.55. The molecule has 0 radical (unpaired) electrons. The van der Waals surface area contributed by atoms with Crippen molar-refractivity contribution < 1.29 is 9.84 Å². The zero-order valence-electron chi connectivity index (χ0n) is 8.18. The Morgan fingerprint density at radius 2 is 2.43 bits per heavy atom. The van der Waals surface area contributed by atoms with E-state index >= 15 is 0 Å². The minimum Gasteiger partial charge on any atom is -0.390 e. The molecule has 1 aliphatic rings. The molecular weight excluding hydrogens is 180 g/mol. The molecule has 0 spiro atoms. The van der Waals surface area contributed by atoms with Crippen LogP contribution in [0.25, 0.3) is 0 Å². The van der Waals surface area contributed by atoms with Gasteiger partial charge in [0.25, 0.3) is 0 Å². The molecule has 76 valence electrons. The van der Waals surface area contributed by atoms with Gasteiger partial charge in [-0.25, -0.2) is 0 Å². The number of ether oxygens (including phenoxy) is 1. The zero-order valence-corrected chi connectivity index (χ0v) is 8.18. The van der Waals surface area contributed by atoms with Gasteiger partial charge in [0.15, 0.2) is 0 Å². The third-order valence-electron chi connectivity index (χ3n) is 2.51. The van der Waals surface area contributed by atoms with Crippen LogP contribution in [0.4, 0.5) is 5.69 Å². The molecule has 0 atom stereocenters. The Labute approximate surface area is 83.1 Å². The van der Waals surface area contributed by atoms with Gasteiger partial charge in [-0.05, 0) is 12.1 Å². The van der Waals surface area contributed by atoms with Gasteiger partial charge < -0.3 is 14.7 Å². The molecule has 2 heterocycles. The summed E-state index contributed by atoms with van der Waals surface area (Å²) < 4.78 is 5.19. The highest BCUT2D eigenvalue weighted by Crippen LogP contribution is 2.21. The van der Waals surface area contributed by atoms with Gasteiger partial charge >= 0.3 is 0 Å². The molecule has 1 aromatic rings. The highest BCUT2D eigenvalue weighted by Gasteiger charge is 2.26. The lowest BCUT2D eigenvalue weighted by molar-refractivity contribution is 0.0787. The van der Waals surface area contributed by atoms with Gasteiger partial charge in [-0.1, -0.05) is 0 Å². The van der Waals surface area contributed by atoms with Gasteiger partial charge in [0, 0.05) is 32.1 Å². The number of anilines is 1. The lowest BCUT2D eigenvalue weighted by atomic mass is 10.1. The Bertz CT molecular complexity index is 311. The summed E-state index contributed by atoms with van der Waals surface area (Å²) >= 11 is 0. The van der Waals surface area contributed by atoms with Crippen LogP contribution in [0.15, 0.2) is 18.3 Å². The van der Waals surface area contributed by atoms with Gasteiger partial charge in [0.2, 0.25) is 0 Å². The average molecular weight is 194 g/mol. The Morgan fingerprint density at radius 3 is 3.07 bits per heavy atom. The van der Waals surface area contributed by atoms with Gasteiger partial charge in [-0.2, -0.15) is 0 Å². The molecule has 0 amide bonds. The summed E-state index contributed by atoms with van der Waals surface area (Å²) in [4.78, 5) is 6.23. The summed E-state index contributed by atoms with van der Waals surface area (Å²) in [7, 11) is 1.73. The van der Waals surface area contributed by atoms with Crippen molar-refractivity contribution in [2.24, 2.45) is 0 Å². The Morgan fingerprint density at radius 1 is 1.64 bits per heavy atom. The second-order valence-electron chi connectivity index (χ2n) is 3.43. The minimum absolute atomic E-state index is 0.00458. The van der Waals surface area contributed by atoms with E-state index in [-0.39, 0.29) is 6.61 Å². The molecule has 0 aromatic carbocycles. The van der Waals surface area contributed by atoms with Gasteiger partial charge in [0.1, 0.15) is 0 Å². The summed E-state index contributed by atoms with van der Waals surface area (Å²) in [6.45, 7) is 1.84. The first kappa shape index (κ1) is 9.43. The van der Waals surface area contributed by atoms with E-state index in [0.29, 0.717) is 11.8 Å². The lowest BCUT2D eigenvalue weighted by Crippen LogP contribution is -2.51. The van der Waals surface area contributed by atoms with E-state index in [1.54, 1.807) is 13.3 Å². The largest absolute Gasteiger partial charge is 0.390 e. The number of pyridine rings is 1. The number of hydrogen-bond acceptors (Lipinski definition) is 4. The fraction of sp³-hybridized carbons (Fsp3) is 0.500. The van der Waals surface area contributed by atoms with Crippen molar-refractivity contribution in [1.29, 1.82) is 0 Å². The maximum atomic E-state index is 8.93. The molecule has 1 saturated heterocycles. The summed E-state index contributed by atoms with van der Waals surface area (Å²) in [6, 6.07) is 3.86. The molecular formula is C10H14N2O2. The Hall–Kier alpha value is -1.13. The lowest BCUT2D eigenvalue weighted by Gasteiger charge is -2.39. The normalized spacial score (nSPS) is 16.9. The monoisotopic (exact) mass is 194 g/mol. The third kappa shape index (κ3) is 1.71. The topological polar surface area (TPSA) is 45.6 Å². The molecule has 4 nitrogen and oxygen atoms in total. The fourth-order valence-electron chi connectivity index (χ4n) is 1.55. The van der Waals surface area contributed by atoms with Crippen molar-refractivity contribution in [1.82, 2.24) is 4.98 Å². The van der Waals surface area contributed by atoms with E-state index in [2.05, 4.69) is 9.88 Å². The molecule has 1 fully saturated rings. The maximum Gasteiger partial charge on any atom is 0.0920 e. The van der Waals surface area contributed by atoms with Crippen LogP contribution in [-0.4, -0.2) is 36.4 Å². The third-order valence-corrected chi connectivity index (χ3v) is 2.51. The van der Waals surface area contributed by atoms with Crippen LogP contribution >= 0.6 is 0 Å². The predicted octanol–water partition coefficient (Wildman–Crippen LogP) is 0.409. The smallest absolute Gasteiger partial charge is 0.0920 e. The van der Waals surface area contributed by atoms with Crippen LogP contribution in [0.5, 0.6) is 0 Å². The molecule has 1 aliphatic heterocycles. The predicted molar refractivity (Wildman–Crippen MR) is 53.2 cm³/mol. The molecule has 0 aliphatic carbocycles. The van der Waals surface area contributed by atoms with Crippen LogP contribution < -0.4 is 4.90 Å². The second kappa shape index (κ2) is 3.94. The molecule has 0 unspecified atom stereocenters. The molecule has 4 heteroatoms.